The van der Waals surface area contributed by atoms with Gasteiger partial charge in [0, 0.05) is 161 Å². The predicted molar refractivity (Wildman–Crippen MR) is 479 cm³/mol. The highest BCUT2D eigenvalue weighted by Crippen LogP contribution is 2.51. The van der Waals surface area contributed by atoms with Crippen molar-refractivity contribution in [2.45, 2.75) is 204 Å². The standard InChI is InChI=1S/C26H31F4N3O3.C26H26F3N3O.C24H29F4N3O3.C24H30N4O2/c1-16(2)36-20-7-6-17(12-19(20)27)23(35)32-10-8-25(9-11-32)21-13-18(22(34)26(28,29)30)14-33(21)24(3,4)15-31(25)5;1-30-17-18-32-22(11-12-23(32)26(27,28)29)25(30)13-15-31(16-14-25)24(33)21-10-6-5-9-20(21)19-7-3-2-4-8-19;1-15(2)34-19-5-4-16(12-17(19)14-32)22(33)30-8-6-23(7-9-30)21-18(25)13-20(24(26,27)28)31(21)11-10-29(23)3;1-17(2)30-21-7-5-19(15-18(21)3)23(29)27-11-9-24(10-12-27)22-8-6-20(16-25)28(22)14-13-26(24)4/h6-7,12-14,16H,8-11,15H2,1-5H3;2-12H,13-18H2,1H3;4-5,12-13,15,32H,6-11,14H2,1-3H3;5-8,15,17H,9-14H2,1-4H3. The van der Waals surface area contributed by atoms with E-state index in [0.717, 1.165) is 58.6 Å². The quantitative estimate of drug-likeness (QED) is 0.0843. The summed E-state index contributed by atoms with van der Waals surface area (Å²) < 4.78 is 173. The van der Waals surface area contributed by atoms with Crippen molar-refractivity contribution in [2.24, 2.45) is 0 Å². The van der Waals surface area contributed by atoms with E-state index in [9.17, 15) is 82.6 Å². The molecule has 1 N–H and O–H groups in total. The van der Waals surface area contributed by atoms with E-state index in [1.807, 2.05) is 156 Å². The maximum absolute atomic E-state index is 14.9. The average molecular weight is 1850 g/mol. The Bertz CT molecular complexity index is 5810. The molecule has 12 heterocycles. The van der Waals surface area contributed by atoms with Crippen LogP contribution >= 0.6 is 0 Å². The molecular formula is C100H116F11N13O9. The molecule has 9 aromatic rings. The normalized spacial score (nSPS) is 18.7. The predicted octanol–water partition coefficient (Wildman–Crippen LogP) is 17.8. The van der Waals surface area contributed by atoms with Gasteiger partial charge in [0.25, 0.3) is 29.4 Å². The van der Waals surface area contributed by atoms with E-state index in [1.54, 1.807) is 59.5 Å². The summed E-state index contributed by atoms with van der Waals surface area (Å²) in [5.74, 6) is -2.43. The lowest BCUT2D eigenvalue weighted by Crippen LogP contribution is -2.60. The Kier molecular flexibility index (Phi) is 28.1. The lowest BCUT2D eigenvalue weighted by molar-refractivity contribution is -0.145. The molecule has 17 rings (SSSR count). The number of likely N-dealkylation sites (N-methyl/N-ethyl adjacent to an activating group) is 4. The van der Waals surface area contributed by atoms with Crippen molar-refractivity contribution < 1.29 is 91.6 Å². The first-order valence-corrected chi connectivity index (χ1v) is 45.3. The number of hydrogen-bond donors (Lipinski definition) is 1. The van der Waals surface area contributed by atoms with Crippen molar-refractivity contribution in [1.29, 1.82) is 5.26 Å². The number of aliphatic hydroxyl groups excluding tert-OH is 1. The number of carbonyl (C=O) groups is 5. The first kappa shape index (κ1) is 97.7. The number of likely N-dealkylation sites (tertiary alicyclic amines) is 4. The summed E-state index contributed by atoms with van der Waals surface area (Å²) in [6, 6.07) is 43.2. The van der Waals surface area contributed by atoms with Crippen molar-refractivity contribution in [3.63, 3.8) is 0 Å². The number of carbonyl (C=O) groups excluding carboxylic acids is 5. The molecular weight excluding hydrogens is 1740 g/mol. The van der Waals surface area contributed by atoms with Gasteiger partial charge >= 0.3 is 18.5 Å². The Morgan fingerprint density at radius 2 is 0.872 bits per heavy atom. The fourth-order valence-corrected chi connectivity index (χ4v) is 21.1. The van der Waals surface area contributed by atoms with Crippen molar-refractivity contribution in [3.05, 3.63) is 242 Å². The molecule has 4 saturated heterocycles. The number of alkyl halides is 9. The highest BCUT2D eigenvalue weighted by molar-refractivity contribution is 6.02. The number of hydrogen-bond acceptors (Lipinski definition) is 14. The van der Waals surface area contributed by atoms with E-state index in [1.165, 1.54) is 46.8 Å². The zero-order valence-electron chi connectivity index (χ0n) is 77.3. The van der Waals surface area contributed by atoms with Crippen molar-refractivity contribution in [2.75, 3.05) is 107 Å². The second kappa shape index (κ2) is 38.2. The summed E-state index contributed by atoms with van der Waals surface area (Å²) in [4.78, 5) is 80.6. The van der Waals surface area contributed by atoms with Gasteiger partial charge in [0.2, 0.25) is 0 Å². The van der Waals surface area contributed by atoms with Gasteiger partial charge in [-0.15, -0.1) is 0 Å². The van der Waals surface area contributed by atoms with Crippen LogP contribution in [0.1, 0.15) is 210 Å². The Morgan fingerprint density at radius 3 is 1.38 bits per heavy atom. The molecule has 0 bridgehead atoms. The number of piperidine rings is 4. The number of Topliss-reactive ketones (excluding diaryl/α,β-unsaturated/α-hetero) is 1. The second-order valence-corrected chi connectivity index (χ2v) is 37.6. The Hall–Kier alpha value is -11.3. The fourth-order valence-electron chi connectivity index (χ4n) is 21.1. The van der Waals surface area contributed by atoms with E-state index >= 15 is 0 Å². The van der Waals surface area contributed by atoms with Gasteiger partial charge in [-0.05, 0) is 250 Å². The molecule has 8 aliphatic heterocycles. The van der Waals surface area contributed by atoms with Crippen LogP contribution in [0, 0.1) is 29.9 Å². The van der Waals surface area contributed by atoms with Crippen LogP contribution in [0.15, 0.2) is 152 Å². The van der Waals surface area contributed by atoms with Gasteiger partial charge in [-0.25, -0.2) is 8.78 Å². The van der Waals surface area contributed by atoms with Gasteiger partial charge in [-0.2, -0.15) is 44.8 Å². The molecule has 0 aliphatic carbocycles. The van der Waals surface area contributed by atoms with Gasteiger partial charge < -0.3 is 57.2 Å². The number of nitrogens with zero attached hydrogens (tertiary/aromatic N) is 13. The summed E-state index contributed by atoms with van der Waals surface area (Å²) >= 11 is 0. The highest BCUT2D eigenvalue weighted by Gasteiger charge is 2.55. The molecule has 712 valence electrons. The molecule has 22 nitrogen and oxygen atoms in total. The molecule has 0 radical (unpaired) electrons. The number of ether oxygens (including phenoxy) is 3. The van der Waals surface area contributed by atoms with Crippen molar-refractivity contribution in [3.8, 4) is 34.4 Å². The first-order chi connectivity index (χ1) is 62.8. The summed E-state index contributed by atoms with van der Waals surface area (Å²) in [5.41, 5.74) is 4.09. The van der Waals surface area contributed by atoms with Gasteiger partial charge in [0.1, 0.15) is 40.5 Å². The van der Waals surface area contributed by atoms with E-state index < -0.39 is 69.5 Å². The number of halogens is 11. The zero-order chi connectivity index (χ0) is 96.1. The van der Waals surface area contributed by atoms with Crippen LogP contribution in [0.4, 0.5) is 48.3 Å². The van der Waals surface area contributed by atoms with Gasteiger partial charge in [0.15, 0.2) is 11.6 Å². The lowest BCUT2D eigenvalue weighted by Gasteiger charge is -2.54. The van der Waals surface area contributed by atoms with Gasteiger partial charge in [-0.1, -0.05) is 48.5 Å². The third-order valence-corrected chi connectivity index (χ3v) is 28.0. The molecule has 4 spiro atoms. The highest BCUT2D eigenvalue weighted by atomic mass is 19.4. The minimum Gasteiger partial charge on any atom is -0.491 e. The number of rotatable bonds is 13. The molecule has 133 heavy (non-hydrogen) atoms. The smallest absolute Gasteiger partial charge is 0.454 e. The molecule has 8 aliphatic rings. The summed E-state index contributed by atoms with van der Waals surface area (Å²) in [7, 11) is 7.86. The van der Waals surface area contributed by atoms with Gasteiger partial charge in [-0.3, -0.25) is 43.6 Å². The van der Waals surface area contributed by atoms with Crippen LogP contribution in [-0.2, 0) is 66.3 Å². The minimum atomic E-state index is -4.96. The number of aliphatic hydroxyl groups is 1. The number of aromatic nitrogens is 4. The van der Waals surface area contributed by atoms with Crippen molar-refractivity contribution in [1.82, 2.24) is 57.5 Å². The van der Waals surface area contributed by atoms with Crippen LogP contribution in [0.25, 0.3) is 11.1 Å². The van der Waals surface area contributed by atoms with E-state index in [0.29, 0.717) is 149 Å². The third kappa shape index (κ3) is 19.3. The second-order valence-electron chi connectivity index (χ2n) is 37.6. The molecule has 0 unspecified atom stereocenters. The summed E-state index contributed by atoms with van der Waals surface area (Å²) in [5, 5.41) is 19.1. The van der Waals surface area contributed by atoms with Crippen molar-refractivity contribution >= 4 is 29.4 Å². The summed E-state index contributed by atoms with van der Waals surface area (Å²) in [6.45, 7) is 24.1. The first-order valence-electron chi connectivity index (χ1n) is 45.3. The number of aryl methyl sites for hydroxylation is 1. The van der Waals surface area contributed by atoms with Gasteiger partial charge in [0.05, 0.1) is 58.3 Å². The molecule has 4 aromatic heterocycles. The van der Waals surface area contributed by atoms with Crippen LogP contribution in [-0.4, -0.2) is 223 Å². The van der Waals surface area contributed by atoms with Crippen LogP contribution < -0.4 is 14.2 Å². The van der Waals surface area contributed by atoms with Crippen LogP contribution in [0.2, 0.25) is 0 Å². The molecule has 33 heteroatoms. The average Bonchev–Trinajstić information content (AvgIpc) is 1.63. The topological polar surface area (TPSA) is 203 Å². The monoisotopic (exact) mass is 1850 g/mol. The number of nitriles is 1. The summed E-state index contributed by atoms with van der Waals surface area (Å²) in [6.07, 6.45) is -8.34. The molecule has 0 saturated carbocycles. The largest absolute Gasteiger partial charge is 0.491 e. The SMILES string of the molecule is CC(C)Oc1ccc(C(=O)N2CCC3(CC2)c2c(F)cc(C(F)(F)F)n2CCN3C)cc1CO.CC(C)Oc1ccc(C(=O)N2CCC3(CC2)c2cc(C(=O)C(F)(F)F)cn2C(C)(C)CN3C)cc1F.CN1CCn2c(C(F)(F)F)ccc2C12CCN(C(=O)c1ccccc1-c1ccccc1)CC2.Cc1cc(C(=O)N2CCC3(CC2)c2ccc(C#N)n2CCN3C)ccc1OC(C)C. The number of benzene rings is 5. The maximum Gasteiger partial charge on any atom is 0.454 e. The van der Waals surface area contributed by atoms with E-state index in [4.69, 9.17) is 14.2 Å². The van der Waals surface area contributed by atoms with E-state index in [-0.39, 0.29) is 96.3 Å². The fraction of sp³-hybridized carbons (Fsp3) is 0.480. The lowest BCUT2D eigenvalue weighted by atomic mass is 9.78. The Morgan fingerprint density at radius 1 is 0.436 bits per heavy atom. The zero-order valence-corrected chi connectivity index (χ0v) is 77.3. The van der Waals surface area contributed by atoms with E-state index in [2.05, 4.69) is 38.5 Å². The number of fused-ring (bicyclic) bond motifs is 8. The number of amides is 4. The Labute approximate surface area is 767 Å². The third-order valence-electron chi connectivity index (χ3n) is 28.0. The van der Waals surface area contributed by atoms with Crippen LogP contribution in [0.3, 0.4) is 0 Å². The molecule has 0 atom stereocenters. The molecule has 5 aromatic carbocycles. The molecule has 4 fully saturated rings. The number of ketones is 1. The maximum atomic E-state index is 14.9. The van der Waals surface area contributed by atoms with Crippen LogP contribution in [0.5, 0.6) is 17.2 Å². The minimum absolute atomic E-state index is 0.0332. The molecule has 4 amide bonds. The Balaban J connectivity index is 0.000000143.